The number of hydrogen-bond acceptors (Lipinski definition) is 6. The van der Waals surface area contributed by atoms with Crippen LogP contribution >= 0.6 is 0 Å². The van der Waals surface area contributed by atoms with Crippen molar-refractivity contribution in [2.24, 2.45) is 0 Å². The van der Waals surface area contributed by atoms with Crippen molar-refractivity contribution in [2.45, 2.75) is 19.5 Å². The van der Waals surface area contributed by atoms with Gasteiger partial charge in [0.2, 0.25) is 0 Å². The van der Waals surface area contributed by atoms with Gasteiger partial charge in [-0.1, -0.05) is 42.5 Å². The maximum absolute atomic E-state index is 4.91. The third-order valence-electron chi connectivity index (χ3n) is 5.80. The number of hydrogen-bond donors (Lipinski definition) is 1. The van der Waals surface area contributed by atoms with E-state index in [1.807, 2.05) is 0 Å². The van der Waals surface area contributed by atoms with E-state index in [0.717, 1.165) is 81.3 Å². The molecule has 0 spiro atoms. The van der Waals surface area contributed by atoms with Gasteiger partial charge in [0.1, 0.15) is 11.6 Å². The zero-order valence-electron chi connectivity index (χ0n) is 18.8. The van der Waals surface area contributed by atoms with Gasteiger partial charge in [-0.15, -0.1) is 0 Å². The summed E-state index contributed by atoms with van der Waals surface area (Å²) in [7, 11) is 4.22. The highest BCUT2D eigenvalue weighted by molar-refractivity contribution is 5.88. The van der Waals surface area contributed by atoms with Crippen molar-refractivity contribution in [1.29, 1.82) is 0 Å². The molecule has 164 valence electrons. The van der Waals surface area contributed by atoms with Crippen molar-refractivity contribution in [3.8, 4) is 0 Å². The summed E-state index contributed by atoms with van der Waals surface area (Å²) in [5.41, 5.74) is 2.41. The molecule has 0 bridgehead atoms. The Hall–Kier alpha value is -2.54. The molecule has 6 heteroatoms. The van der Waals surface area contributed by atoms with Crippen LogP contribution in [0.2, 0.25) is 0 Å². The van der Waals surface area contributed by atoms with E-state index in [0.29, 0.717) is 0 Å². The Labute approximate surface area is 185 Å². The number of rotatable bonds is 9. The van der Waals surface area contributed by atoms with E-state index in [1.54, 1.807) is 0 Å². The van der Waals surface area contributed by atoms with Crippen molar-refractivity contribution in [2.75, 3.05) is 58.7 Å². The molecule has 0 saturated carbocycles. The van der Waals surface area contributed by atoms with Crippen molar-refractivity contribution in [1.82, 2.24) is 24.7 Å². The highest BCUT2D eigenvalue weighted by atomic mass is 15.3. The van der Waals surface area contributed by atoms with E-state index >= 15 is 0 Å². The van der Waals surface area contributed by atoms with Gasteiger partial charge in [-0.05, 0) is 44.8 Å². The highest BCUT2D eigenvalue weighted by Crippen LogP contribution is 2.21. The number of piperazine rings is 1. The monoisotopic (exact) mass is 418 g/mol. The Morgan fingerprint density at radius 1 is 0.839 bits per heavy atom. The van der Waals surface area contributed by atoms with Gasteiger partial charge in [-0.2, -0.15) is 0 Å². The Balaban J connectivity index is 1.37. The lowest BCUT2D eigenvalue weighted by molar-refractivity contribution is 0.120. The molecule has 4 rings (SSSR count). The van der Waals surface area contributed by atoms with Gasteiger partial charge < -0.3 is 10.2 Å². The second kappa shape index (κ2) is 10.7. The fourth-order valence-corrected chi connectivity index (χ4v) is 4.08. The van der Waals surface area contributed by atoms with Crippen LogP contribution < -0.4 is 5.32 Å². The van der Waals surface area contributed by atoms with Crippen LogP contribution in [0.25, 0.3) is 10.9 Å². The van der Waals surface area contributed by atoms with E-state index < -0.39 is 0 Å². The van der Waals surface area contributed by atoms with E-state index in [4.69, 9.17) is 9.97 Å². The summed E-state index contributed by atoms with van der Waals surface area (Å²) in [5.74, 6) is 1.87. The minimum absolute atomic E-state index is 0.802. The van der Waals surface area contributed by atoms with E-state index in [-0.39, 0.29) is 0 Å². The largest absolute Gasteiger partial charge is 0.369 e. The number of aromatic nitrogens is 2. The van der Waals surface area contributed by atoms with Crippen molar-refractivity contribution in [3.05, 3.63) is 66.0 Å². The second-order valence-electron chi connectivity index (χ2n) is 8.63. The molecular formula is C25H34N6. The van der Waals surface area contributed by atoms with Gasteiger partial charge in [-0.25, -0.2) is 9.97 Å². The average molecular weight is 419 g/mol. The highest BCUT2D eigenvalue weighted by Gasteiger charge is 2.18. The van der Waals surface area contributed by atoms with Crippen LogP contribution in [0.15, 0.2) is 54.6 Å². The number of para-hydroxylation sites is 1. The van der Waals surface area contributed by atoms with Crippen molar-refractivity contribution < 1.29 is 0 Å². The SMILES string of the molecule is CN(C)CCCNc1nc(CN2CCN(Cc3ccccc3)CC2)nc2ccccc12. The van der Waals surface area contributed by atoms with Crippen LogP contribution in [0.4, 0.5) is 5.82 Å². The lowest BCUT2D eigenvalue weighted by atomic mass is 10.2. The molecule has 1 aliphatic heterocycles. The van der Waals surface area contributed by atoms with E-state index in [1.165, 1.54) is 5.56 Å². The quantitative estimate of drug-likeness (QED) is 0.538. The van der Waals surface area contributed by atoms with E-state index in [2.05, 4.69) is 88.7 Å². The number of nitrogens with zero attached hydrogens (tertiary/aromatic N) is 5. The molecule has 1 aliphatic rings. The van der Waals surface area contributed by atoms with Crippen LogP contribution in [-0.2, 0) is 13.1 Å². The number of fused-ring (bicyclic) bond motifs is 1. The summed E-state index contributed by atoms with van der Waals surface area (Å²) in [6, 6.07) is 19.0. The maximum Gasteiger partial charge on any atom is 0.145 e. The first kappa shape index (κ1) is 21.7. The molecule has 0 aliphatic carbocycles. The summed E-state index contributed by atoms with van der Waals surface area (Å²) in [5, 5.41) is 4.65. The molecule has 31 heavy (non-hydrogen) atoms. The summed E-state index contributed by atoms with van der Waals surface area (Å²) < 4.78 is 0. The number of anilines is 1. The topological polar surface area (TPSA) is 47.5 Å². The zero-order chi connectivity index (χ0) is 21.5. The molecular weight excluding hydrogens is 384 g/mol. The Kier molecular flexibility index (Phi) is 7.46. The Bertz CT molecular complexity index is 951. The molecule has 1 aromatic heterocycles. The van der Waals surface area contributed by atoms with Crippen LogP contribution in [0.5, 0.6) is 0 Å². The van der Waals surface area contributed by atoms with Crippen LogP contribution in [0, 0.1) is 0 Å². The Morgan fingerprint density at radius 3 is 2.26 bits per heavy atom. The number of nitrogens with one attached hydrogen (secondary N) is 1. The second-order valence-corrected chi connectivity index (χ2v) is 8.63. The summed E-state index contributed by atoms with van der Waals surface area (Å²) >= 11 is 0. The predicted octanol–water partition coefficient (Wildman–Crippen LogP) is 3.31. The molecule has 2 aromatic carbocycles. The van der Waals surface area contributed by atoms with Crippen LogP contribution in [0.1, 0.15) is 17.8 Å². The summed E-state index contributed by atoms with van der Waals surface area (Å²) in [4.78, 5) is 17.0. The lowest BCUT2D eigenvalue weighted by Crippen LogP contribution is -2.45. The van der Waals surface area contributed by atoms with Crippen molar-refractivity contribution in [3.63, 3.8) is 0 Å². The first-order valence-corrected chi connectivity index (χ1v) is 11.3. The van der Waals surface area contributed by atoms with Crippen LogP contribution in [-0.4, -0.2) is 78.0 Å². The average Bonchev–Trinajstić information content (AvgIpc) is 2.78. The standard InChI is InChI=1S/C25H34N6/c1-29(2)14-8-13-26-25-22-11-6-7-12-23(22)27-24(28-25)20-31-17-15-30(16-18-31)19-21-9-4-3-5-10-21/h3-7,9-12H,8,13-20H2,1-2H3,(H,26,27,28). The predicted molar refractivity (Wildman–Crippen MR) is 128 cm³/mol. The molecule has 2 heterocycles. The fraction of sp³-hybridized carbons (Fsp3) is 0.440. The van der Waals surface area contributed by atoms with Gasteiger partial charge in [0.05, 0.1) is 12.1 Å². The molecule has 0 amide bonds. The van der Waals surface area contributed by atoms with E-state index in [9.17, 15) is 0 Å². The zero-order valence-corrected chi connectivity index (χ0v) is 18.8. The first-order valence-electron chi connectivity index (χ1n) is 11.3. The molecule has 0 unspecified atom stereocenters. The molecule has 6 nitrogen and oxygen atoms in total. The summed E-state index contributed by atoms with van der Waals surface area (Å²) in [6.07, 6.45) is 1.09. The summed E-state index contributed by atoms with van der Waals surface area (Å²) in [6.45, 7) is 8.07. The van der Waals surface area contributed by atoms with Gasteiger partial charge in [0.25, 0.3) is 0 Å². The van der Waals surface area contributed by atoms with Gasteiger partial charge in [0, 0.05) is 44.7 Å². The maximum atomic E-state index is 4.91. The minimum atomic E-state index is 0.802. The molecule has 3 aromatic rings. The molecule has 1 N–H and O–H groups in total. The first-order chi connectivity index (χ1) is 15.2. The fourth-order valence-electron chi connectivity index (χ4n) is 4.08. The van der Waals surface area contributed by atoms with Gasteiger partial charge in [0.15, 0.2) is 0 Å². The molecule has 1 saturated heterocycles. The molecule has 0 radical (unpaired) electrons. The minimum Gasteiger partial charge on any atom is -0.369 e. The molecule has 1 fully saturated rings. The van der Waals surface area contributed by atoms with Crippen molar-refractivity contribution >= 4 is 16.7 Å². The lowest BCUT2D eigenvalue weighted by Gasteiger charge is -2.34. The normalized spacial score (nSPS) is 15.6. The molecule has 0 atom stereocenters. The third kappa shape index (κ3) is 6.23. The van der Waals surface area contributed by atoms with Crippen LogP contribution in [0.3, 0.4) is 0 Å². The smallest absolute Gasteiger partial charge is 0.145 e. The van der Waals surface area contributed by atoms with Gasteiger partial charge >= 0.3 is 0 Å². The number of benzene rings is 2. The van der Waals surface area contributed by atoms with Gasteiger partial charge in [-0.3, -0.25) is 9.80 Å². The third-order valence-corrected chi connectivity index (χ3v) is 5.80. The Morgan fingerprint density at radius 2 is 1.52 bits per heavy atom.